The van der Waals surface area contributed by atoms with E-state index in [4.69, 9.17) is 0 Å². The third-order valence-electron chi connectivity index (χ3n) is 2.96. The highest BCUT2D eigenvalue weighted by molar-refractivity contribution is 7.99. The Balaban J connectivity index is 1.98. The molecular formula is C15H15N3O3S. The number of amides is 1. The standard InChI is InChI=1S/C15H15N3O3S/c1-2-17(12-6-4-3-5-7-12)15(19)11-22-14-9-8-13(10-16-14)18(20)21/h3-10H,2,11H2,1H3. The van der Waals surface area contributed by atoms with Gasteiger partial charge in [0.25, 0.3) is 5.69 Å². The molecule has 0 fully saturated rings. The van der Waals surface area contributed by atoms with Crippen molar-refractivity contribution in [2.75, 3.05) is 17.2 Å². The van der Waals surface area contributed by atoms with E-state index in [1.165, 1.54) is 24.0 Å². The zero-order chi connectivity index (χ0) is 15.9. The van der Waals surface area contributed by atoms with Crippen LogP contribution in [0.5, 0.6) is 0 Å². The van der Waals surface area contributed by atoms with Gasteiger partial charge in [-0.1, -0.05) is 30.0 Å². The Morgan fingerprint density at radius 3 is 2.55 bits per heavy atom. The van der Waals surface area contributed by atoms with E-state index in [0.29, 0.717) is 11.6 Å². The number of carbonyl (C=O) groups is 1. The van der Waals surface area contributed by atoms with E-state index in [9.17, 15) is 14.9 Å². The number of anilines is 1. The van der Waals surface area contributed by atoms with Gasteiger partial charge in [0, 0.05) is 18.3 Å². The molecule has 22 heavy (non-hydrogen) atoms. The highest BCUT2D eigenvalue weighted by Crippen LogP contribution is 2.20. The minimum absolute atomic E-state index is 0.0288. The summed E-state index contributed by atoms with van der Waals surface area (Å²) in [6, 6.07) is 12.4. The summed E-state index contributed by atoms with van der Waals surface area (Å²) in [6.07, 6.45) is 1.20. The Hall–Kier alpha value is -2.41. The van der Waals surface area contributed by atoms with Gasteiger partial charge in [0.05, 0.1) is 15.7 Å². The first-order valence-electron chi connectivity index (χ1n) is 6.70. The summed E-state index contributed by atoms with van der Waals surface area (Å²) in [6.45, 7) is 2.50. The molecule has 0 N–H and O–H groups in total. The van der Waals surface area contributed by atoms with Gasteiger partial charge in [-0.3, -0.25) is 14.9 Å². The van der Waals surface area contributed by atoms with Crippen LogP contribution in [0.3, 0.4) is 0 Å². The fraction of sp³-hybridized carbons (Fsp3) is 0.200. The predicted molar refractivity (Wildman–Crippen MR) is 86.1 cm³/mol. The quantitative estimate of drug-likeness (QED) is 0.465. The number of aromatic nitrogens is 1. The molecule has 1 aromatic carbocycles. The zero-order valence-corrected chi connectivity index (χ0v) is 12.8. The highest BCUT2D eigenvalue weighted by Gasteiger charge is 2.14. The number of benzene rings is 1. The number of rotatable bonds is 6. The summed E-state index contributed by atoms with van der Waals surface area (Å²) >= 11 is 1.26. The van der Waals surface area contributed by atoms with E-state index < -0.39 is 4.92 Å². The van der Waals surface area contributed by atoms with Gasteiger partial charge in [-0.15, -0.1) is 0 Å². The molecule has 1 aromatic heterocycles. The molecule has 0 unspecified atom stereocenters. The highest BCUT2D eigenvalue weighted by atomic mass is 32.2. The van der Waals surface area contributed by atoms with Crippen LogP contribution in [-0.4, -0.2) is 28.1 Å². The molecule has 0 atom stereocenters. The van der Waals surface area contributed by atoms with E-state index in [2.05, 4.69) is 4.98 Å². The van der Waals surface area contributed by atoms with Crippen molar-refractivity contribution < 1.29 is 9.72 Å². The van der Waals surface area contributed by atoms with Crippen molar-refractivity contribution in [1.29, 1.82) is 0 Å². The number of thioether (sulfide) groups is 1. The second-order valence-corrected chi connectivity index (χ2v) is 5.37. The smallest absolute Gasteiger partial charge is 0.287 e. The molecule has 0 aliphatic heterocycles. The van der Waals surface area contributed by atoms with Gasteiger partial charge >= 0.3 is 0 Å². The van der Waals surface area contributed by atoms with E-state index in [0.717, 1.165) is 5.69 Å². The SMILES string of the molecule is CCN(C(=O)CSc1ccc([N+](=O)[O-])cn1)c1ccccc1. The van der Waals surface area contributed by atoms with E-state index in [1.54, 1.807) is 11.0 Å². The number of para-hydroxylation sites is 1. The molecule has 114 valence electrons. The fourth-order valence-corrected chi connectivity index (χ4v) is 2.61. The van der Waals surface area contributed by atoms with Crippen molar-refractivity contribution >= 4 is 29.0 Å². The monoisotopic (exact) mass is 317 g/mol. The topological polar surface area (TPSA) is 76.3 Å². The van der Waals surface area contributed by atoms with Crippen LogP contribution in [0, 0.1) is 10.1 Å². The second kappa shape index (κ2) is 7.56. The summed E-state index contributed by atoms with van der Waals surface area (Å²) in [4.78, 5) is 28.0. The fourth-order valence-electron chi connectivity index (χ4n) is 1.89. The van der Waals surface area contributed by atoms with Crippen LogP contribution in [-0.2, 0) is 4.79 Å². The van der Waals surface area contributed by atoms with E-state index in [1.807, 2.05) is 37.3 Å². The minimum atomic E-state index is -0.499. The molecule has 0 saturated carbocycles. The number of pyridine rings is 1. The zero-order valence-electron chi connectivity index (χ0n) is 12.0. The molecule has 2 aromatic rings. The summed E-state index contributed by atoms with van der Waals surface area (Å²) in [7, 11) is 0. The molecule has 0 bridgehead atoms. The third kappa shape index (κ3) is 4.05. The minimum Gasteiger partial charge on any atom is -0.312 e. The average molecular weight is 317 g/mol. The number of hydrogen-bond acceptors (Lipinski definition) is 5. The molecule has 0 aliphatic rings. The first-order valence-corrected chi connectivity index (χ1v) is 7.69. The van der Waals surface area contributed by atoms with Crippen molar-refractivity contribution in [1.82, 2.24) is 4.98 Å². The van der Waals surface area contributed by atoms with Crippen LogP contribution in [0.25, 0.3) is 0 Å². The number of hydrogen-bond donors (Lipinski definition) is 0. The van der Waals surface area contributed by atoms with Gasteiger partial charge in [0.2, 0.25) is 5.91 Å². The summed E-state index contributed by atoms with van der Waals surface area (Å²) < 4.78 is 0. The number of nitro groups is 1. The Bertz CT molecular complexity index is 647. The molecule has 1 heterocycles. The van der Waals surface area contributed by atoms with Crippen molar-refractivity contribution in [2.24, 2.45) is 0 Å². The molecule has 7 heteroatoms. The molecule has 0 spiro atoms. The van der Waals surface area contributed by atoms with Crippen molar-refractivity contribution in [2.45, 2.75) is 11.9 Å². The average Bonchev–Trinajstić information content (AvgIpc) is 2.55. The second-order valence-electron chi connectivity index (χ2n) is 4.37. The lowest BCUT2D eigenvalue weighted by Gasteiger charge is -2.20. The van der Waals surface area contributed by atoms with Crippen LogP contribution in [0.1, 0.15) is 6.92 Å². The Labute approximate surface area is 132 Å². The molecule has 2 rings (SSSR count). The largest absolute Gasteiger partial charge is 0.312 e. The molecule has 1 amide bonds. The summed E-state index contributed by atoms with van der Waals surface area (Å²) in [5, 5.41) is 11.1. The maximum Gasteiger partial charge on any atom is 0.287 e. The lowest BCUT2D eigenvalue weighted by atomic mass is 10.3. The number of carbonyl (C=O) groups excluding carboxylic acids is 1. The summed E-state index contributed by atoms with van der Waals surface area (Å²) in [5.41, 5.74) is 0.794. The molecule has 0 radical (unpaired) electrons. The Morgan fingerprint density at radius 1 is 1.27 bits per heavy atom. The maximum atomic E-state index is 12.3. The van der Waals surface area contributed by atoms with E-state index >= 15 is 0 Å². The molecule has 6 nitrogen and oxygen atoms in total. The Kier molecular flexibility index (Phi) is 5.48. The van der Waals surface area contributed by atoms with Gasteiger partial charge in [0.15, 0.2) is 0 Å². The van der Waals surface area contributed by atoms with Gasteiger partial charge in [0.1, 0.15) is 6.20 Å². The van der Waals surface area contributed by atoms with Crippen LogP contribution >= 0.6 is 11.8 Å². The summed E-state index contributed by atoms with van der Waals surface area (Å²) in [5.74, 6) is 0.201. The van der Waals surface area contributed by atoms with Crippen molar-refractivity contribution in [3.8, 4) is 0 Å². The third-order valence-corrected chi connectivity index (χ3v) is 3.89. The lowest BCUT2D eigenvalue weighted by Crippen LogP contribution is -2.32. The number of nitrogens with zero attached hydrogens (tertiary/aromatic N) is 3. The van der Waals surface area contributed by atoms with Gasteiger partial charge in [-0.25, -0.2) is 4.98 Å². The van der Waals surface area contributed by atoms with E-state index in [-0.39, 0.29) is 17.3 Å². The lowest BCUT2D eigenvalue weighted by molar-refractivity contribution is -0.385. The maximum absolute atomic E-state index is 12.3. The first-order chi connectivity index (χ1) is 10.6. The molecular weight excluding hydrogens is 302 g/mol. The van der Waals surface area contributed by atoms with Gasteiger partial charge in [-0.05, 0) is 25.1 Å². The first kappa shape index (κ1) is 16.0. The molecule has 0 saturated heterocycles. The predicted octanol–water partition coefficient (Wildman–Crippen LogP) is 3.14. The van der Waals surface area contributed by atoms with Crippen LogP contribution in [0.2, 0.25) is 0 Å². The van der Waals surface area contributed by atoms with Crippen molar-refractivity contribution in [3.63, 3.8) is 0 Å². The van der Waals surface area contributed by atoms with Crippen LogP contribution in [0.4, 0.5) is 11.4 Å². The van der Waals surface area contributed by atoms with Gasteiger partial charge in [-0.2, -0.15) is 0 Å². The normalized spacial score (nSPS) is 10.2. The van der Waals surface area contributed by atoms with Crippen molar-refractivity contribution in [3.05, 3.63) is 58.8 Å². The van der Waals surface area contributed by atoms with Crippen LogP contribution in [0.15, 0.2) is 53.7 Å². The van der Waals surface area contributed by atoms with Gasteiger partial charge < -0.3 is 4.90 Å². The Morgan fingerprint density at radius 2 is 2.00 bits per heavy atom. The molecule has 0 aliphatic carbocycles. The van der Waals surface area contributed by atoms with Crippen LogP contribution < -0.4 is 4.90 Å².